The zero-order valence-electron chi connectivity index (χ0n) is 21.6. The largest absolute Gasteiger partial charge is 0.507 e. The summed E-state index contributed by atoms with van der Waals surface area (Å²) in [5, 5.41) is 21.0. The minimum Gasteiger partial charge on any atom is -0.507 e. The molecule has 1 aromatic heterocycles. The Bertz CT molecular complexity index is 1230. The van der Waals surface area contributed by atoms with Crippen molar-refractivity contribution in [1.82, 2.24) is 15.1 Å². The van der Waals surface area contributed by atoms with Crippen LogP contribution in [0.5, 0.6) is 5.75 Å². The number of nitrogens with zero attached hydrogens (tertiary/aromatic N) is 2. The van der Waals surface area contributed by atoms with Gasteiger partial charge in [0.15, 0.2) is 0 Å². The molecule has 0 atom stereocenters. The maximum atomic E-state index is 12.9. The van der Waals surface area contributed by atoms with Gasteiger partial charge in [-0.25, -0.2) is 4.79 Å². The first kappa shape index (κ1) is 25.5. The summed E-state index contributed by atoms with van der Waals surface area (Å²) < 4.78 is 1.45. The summed E-state index contributed by atoms with van der Waals surface area (Å²) in [7, 11) is 0. The van der Waals surface area contributed by atoms with Gasteiger partial charge in [-0.3, -0.25) is 4.79 Å². The molecule has 1 aliphatic rings. The van der Waals surface area contributed by atoms with Crippen LogP contribution in [0.1, 0.15) is 87.3 Å². The predicted molar refractivity (Wildman–Crippen MR) is 143 cm³/mol. The number of rotatable bonds is 6. The van der Waals surface area contributed by atoms with Crippen molar-refractivity contribution < 1.29 is 14.7 Å². The van der Waals surface area contributed by atoms with Crippen LogP contribution in [0, 0.1) is 0 Å². The van der Waals surface area contributed by atoms with E-state index in [1.165, 1.54) is 4.68 Å². The van der Waals surface area contributed by atoms with Crippen LogP contribution in [0.4, 0.5) is 10.5 Å². The number of phenolic OH excluding ortho intramolecular Hbond substituents is 1. The number of aromatic nitrogens is 2. The Morgan fingerprint density at radius 2 is 1.75 bits per heavy atom. The second-order valence-corrected chi connectivity index (χ2v) is 10.6. The van der Waals surface area contributed by atoms with Gasteiger partial charge in [-0.1, -0.05) is 52.7 Å². The Morgan fingerprint density at radius 3 is 2.39 bits per heavy atom. The van der Waals surface area contributed by atoms with E-state index in [9.17, 15) is 14.7 Å². The zero-order chi connectivity index (χ0) is 25.9. The number of aromatic hydroxyl groups is 1. The third-order valence-electron chi connectivity index (χ3n) is 6.77. The molecule has 3 aromatic rings. The molecule has 1 fully saturated rings. The molecule has 2 amide bonds. The highest BCUT2D eigenvalue weighted by molar-refractivity contribution is 6.04. The molecule has 0 spiro atoms. The first-order valence-corrected chi connectivity index (χ1v) is 12.8. The summed E-state index contributed by atoms with van der Waals surface area (Å²) >= 11 is 0. The Labute approximate surface area is 212 Å². The van der Waals surface area contributed by atoms with Crippen molar-refractivity contribution >= 4 is 17.6 Å². The van der Waals surface area contributed by atoms with E-state index in [-0.39, 0.29) is 29.0 Å². The summed E-state index contributed by atoms with van der Waals surface area (Å²) in [6, 6.07) is 14.1. The molecule has 7 nitrogen and oxygen atoms in total. The van der Waals surface area contributed by atoms with Gasteiger partial charge in [-0.15, -0.1) is 0 Å². The third kappa shape index (κ3) is 5.61. The number of hydrogen-bond donors (Lipinski definition) is 3. The zero-order valence-corrected chi connectivity index (χ0v) is 21.6. The van der Waals surface area contributed by atoms with Crippen LogP contribution in [0.2, 0.25) is 0 Å². The van der Waals surface area contributed by atoms with Gasteiger partial charge in [-0.2, -0.15) is 9.78 Å². The minimum atomic E-state index is -0.257. The van der Waals surface area contributed by atoms with E-state index in [0.29, 0.717) is 29.1 Å². The third-order valence-corrected chi connectivity index (χ3v) is 6.77. The van der Waals surface area contributed by atoms with Gasteiger partial charge in [0.2, 0.25) is 0 Å². The lowest BCUT2D eigenvalue weighted by molar-refractivity contribution is 0.102. The van der Waals surface area contributed by atoms with Gasteiger partial charge in [0.05, 0.1) is 11.4 Å². The van der Waals surface area contributed by atoms with Gasteiger partial charge in [0.1, 0.15) is 5.75 Å². The molecule has 36 heavy (non-hydrogen) atoms. The van der Waals surface area contributed by atoms with Crippen molar-refractivity contribution in [3.8, 4) is 17.0 Å². The fraction of sp³-hybridized carbons (Fsp3) is 0.414. The highest BCUT2D eigenvalue weighted by Gasteiger charge is 2.26. The summed E-state index contributed by atoms with van der Waals surface area (Å²) in [6.07, 6.45) is 5.13. The highest BCUT2D eigenvalue weighted by Crippen LogP contribution is 2.38. The van der Waals surface area contributed by atoms with Gasteiger partial charge in [0.25, 0.3) is 5.91 Å². The van der Waals surface area contributed by atoms with Crippen LogP contribution in [-0.4, -0.2) is 33.4 Å². The molecule has 190 valence electrons. The van der Waals surface area contributed by atoms with Crippen molar-refractivity contribution in [3.63, 3.8) is 0 Å². The Balaban J connectivity index is 1.60. The smallest absolute Gasteiger partial charge is 0.342 e. The fourth-order valence-corrected chi connectivity index (χ4v) is 4.65. The van der Waals surface area contributed by atoms with Gasteiger partial charge < -0.3 is 15.7 Å². The maximum absolute atomic E-state index is 12.9. The van der Waals surface area contributed by atoms with E-state index in [4.69, 9.17) is 0 Å². The van der Waals surface area contributed by atoms with Crippen LogP contribution < -0.4 is 10.6 Å². The van der Waals surface area contributed by atoms with E-state index in [0.717, 1.165) is 43.4 Å². The van der Waals surface area contributed by atoms with Crippen molar-refractivity contribution in [3.05, 3.63) is 65.4 Å². The van der Waals surface area contributed by atoms with Crippen molar-refractivity contribution in [2.45, 2.75) is 71.1 Å². The Kier molecular flexibility index (Phi) is 7.48. The van der Waals surface area contributed by atoms with Gasteiger partial charge in [-0.05, 0) is 66.6 Å². The number of amides is 2. The molecule has 0 radical (unpaired) electrons. The van der Waals surface area contributed by atoms with Gasteiger partial charge in [0, 0.05) is 29.3 Å². The standard InChI is InChI=1S/C29H36N4O3/c1-5-16-30-28(36)33-25(19-8-6-7-9-19)18-24(32-33)23-17-22(14-15-26(23)34)31-27(35)20-10-12-21(13-11-20)29(2,3)4/h10-15,17-19,34H,5-9,16H2,1-4H3,(H,30,36)(H,31,35). The van der Waals surface area contributed by atoms with Crippen molar-refractivity contribution in [1.29, 1.82) is 0 Å². The quantitative estimate of drug-likeness (QED) is 0.348. The summed E-state index contributed by atoms with van der Waals surface area (Å²) in [5.74, 6) is 0.0714. The highest BCUT2D eigenvalue weighted by atomic mass is 16.3. The first-order valence-electron chi connectivity index (χ1n) is 12.8. The number of nitrogens with one attached hydrogen (secondary N) is 2. The van der Waals surface area contributed by atoms with Crippen LogP contribution in [-0.2, 0) is 5.41 Å². The summed E-state index contributed by atoms with van der Waals surface area (Å²) in [6.45, 7) is 8.97. The van der Waals surface area contributed by atoms with E-state index < -0.39 is 0 Å². The number of benzene rings is 2. The minimum absolute atomic E-state index is 0.00899. The number of carbonyl (C=O) groups excluding carboxylic acids is 2. The number of phenols is 1. The number of hydrogen-bond acceptors (Lipinski definition) is 4. The molecule has 4 rings (SSSR count). The van der Waals surface area contributed by atoms with E-state index >= 15 is 0 Å². The molecule has 0 bridgehead atoms. The van der Waals surface area contributed by atoms with E-state index in [1.807, 2.05) is 37.3 Å². The molecule has 1 saturated carbocycles. The molecular formula is C29H36N4O3. The van der Waals surface area contributed by atoms with Crippen LogP contribution in [0.3, 0.4) is 0 Å². The lowest BCUT2D eigenvalue weighted by Gasteiger charge is -2.19. The Morgan fingerprint density at radius 1 is 1.06 bits per heavy atom. The van der Waals surface area contributed by atoms with Crippen LogP contribution in [0.25, 0.3) is 11.3 Å². The molecule has 7 heteroatoms. The molecule has 1 aliphatic carbocycles. The molecular weight excluding hydrogens is 452 g/mol. The predicted octanol–water partition coefficient (Wildman–Crippen LogP) is 6.43. The molecule has 0 unspecified atom stereocenters. The topological polar surface area (TPSA) is 96.3 Å². The average molecular weight is 489 g/mol. The SMILES string of the molecule is CCCNC(=O)n1nc(-c2cc(NC(=O)c3ccc(C(C)(C)C)cc3)ccc2O)cc1C1CCCC1. The first-order chi connectivity index (χ1) is 17.2. The van der Waals surface area contributed by atoms with Gasteiger partial charge >= 0.3 is 6.03 Å². The summed E-state index contributed by atoms with van der Waals surface area (Å²) in [4.78, 5) is 25.7. The van der Waals surface area contributed by atoms with Crippen LogP contribution >= 0.6 is 0 Å². The normalized spacial score (nSPS) is 14.1. The second-order valence-electron chi connectivity index (χ2n) is 10.6. The summed E-state index contributed by atoms with van der Waals surface area (Å²) in [5.41, 5.74) is 4.10. The lowest BCUT2D eigenvalue weighted by Crippen LogP contribution is -2.31. The van der Waals surface area contributed by atoms with E-state index in [1.54, 1.807) is 18.2 Å². The molecule has 0 aliphatic heterocycles. The number of carbonyl (C=O) groups is 2. The van der Waals surface area contributed by atoms with Crippen LogP contribution in [0.15, 0.2) is 48.5 Å². The fourth-order valence-electron chi connectivity index (χ4n) is 4.65. The second kappa shape index (κ2) is 10.6. The molecule has 0 saturated heterocycles. The Hall–Kier alpha value is -3.61. The lowest BCUT2D eigenvalue weighted by atomic mass is 9.87. The average Bonchev–Trinajstić information content (AvgIpc) is 3.53. The van der Waals surface area contributed by atoms with Crippen molar-refractivity contribution in [2.75, 3.05) is 11.9 Å². The number of anilines is 1. The maximum Gasteiger partial charge on any atom is 0.342 e. The van der Waals surface area contributed by atoms with E-state index in [2.05, 4.69) is 36.5 Å². The van der Waals surface area contributed by atoms with Crippen molar-refractivity contribution in [2.24, 2.45) is 0 Å². The molecule has 3 N–H and O–H groups in total. The molecule has 1 heterocycles. The molecule has 2 aromatic carbocycles. The monoisotopic (exact) mass is 488 g/mol.